The molecule has 1 aliphatic rings. The van der Waals surface area contributed by atoms with Crippen LogP contribution in [0.1, 0.15) is 43.7 Å². The summed E-state index contributed by atoms with van der Waals surface area (Å²) in [6, 6.07) is 1.69. The lowest BCUT2D eigenvalue weighted by atomic mass is 10.1. The first-order valence-corrected chi connectivity index (χ1v) is 8.61. The van der Waals surface area contributed by atoms with Crippen molar-refractivity contribution in [2.75, 3.05) is 24.7 Å². The van der Waals surface area contributed by atoms with Gasteiger partial charge in [0.25, 0.3) is 0 Å². The molecular formula is C13H22N4O2S. The Morgan fingerprint density at radius 1 is 1.45 bits per heavy atom. The van der Waals surface area contributed by atoms with Crippen molar-refractivity contribution in [2.45, 2.75) is 39.2 Å². The quantitative estimate of drug-likeness (QED) is 0.895. The smallest absolute Gasteiger partial charge is 0.214 e. The molecule has 0 spiro atoms. The van der Waals surface area contributed by atoms with Crippen molar-refractivity contribution in [3.8, 4) is 0 Å². The molecule has 1 aromatic rings. The van der Waals surface area contributed by atoms with Crippen LogP contribution >= 0.6 is 0 Å². The molecule has 0 saturated carbocycles. The van der Waals surface area contributed by atoms with E-state index in [0.29, 0.717) is 18.8 Å². The van der Waals surface area contributed by atoms with Gasteiger partial charge >= 0.3 is 0 Å². The van der Waals surface area contributed by atoms with Crippen LogP contribution in [0, 0.1) is 6.92 Å². The summed E-state index contributed by atoms with van der Waals surface area (Å²) in [5, 5.41) is 2.99. The Kier molecular flexibility index (Phi) is 4.59. The monoisotopic (exact) mass is 298 g/mol. The molecule has 1 aromatic heterocycles. The zero-order valence-corrected chi connectivity index (χ0v) is 13.1. The van der Waals surface area contributed by atoms with Crippen LogP contribution in [0.25, 0.3) is 0 Å². The second-order valence-electron chi connectivity index (χ2n) is 5.06. The third-order valence-electron chi connectivity index (χ3n) is 3.48. The number of sulfonamides is 1. The van der Waals surface area contributed by atoms with Crippen LogP contribution in [0.4, 0.5) is 5.82 Å². The topological polar surface area (TPSA) is 75.2 Å². The molecule has 6 nitrogen and oxygen atoms in total. The van der Waals surface area contributed by atoms with Gasteiger partial charge in [-0.05, 0) is 26.2 Å². The largest absolute Gasteiger partial charge is 0.373 e. The van der Waals surface area contributed by atoms with Crippen LogP contribution in [0.2, 0.25) is 0 Å². The van der Waals surface area contributed by atoms with Crippen LogP contribution in [0.5, 0.6) is 0 Å². The maximum absolute atomic E-state index is 12.3. The minimum Gasteiger partial charge on any atom is -0.373 e. The van der Waals surface area contributed by atoms with Gasteiger partial charge in [-0.1, -0.05) is 6.92 Å². The fraction of sp³-hybridized carbons (Fsp3) is 0.692. The molecule has 0 unspecified atom stereocenters. The summed E-state index contributed by atoms with van der Waals surface area (Å²) in [4.78, 5) is 8.69. The van der Waals surface area contributed by atoms with E-state index in [1.165, 1.54) is 0 Å². The first-order chi connectivity index (χ1) is 9.47. The highest BCUT2D eigenvalue weighted by molar-refractivity contribution is 7.89. The highest BCUT2D eigenvalue weighted by Gasteiger charge is 2.35. The third-order valence-corrected chi connectivity index (χ3v) is 5.55. The van der Waals surface area contributed by atoms with Gasteiger partial charge in [-0.15, -0.1) is 0 Å². The average molecular weight is 298 g/mol. The van der Waals surface area contributed by atoms with E-state index in [0.717, 1.165) is 24.4 Å². The normalized spacial score (nSPS) is 20.2. The number of hydrogen-bond donors (Lipinski definition) is 1. The minimum absolute atomic E-state index is 0.152. The Morgan fingerprint density at radius 2 is 2.20 bits per heavy atom. The van der Waals surface area contributed by atoms with Crippen molar-refractivity contribution >= 4 is 15.8 Å². The molecule has 20 heavy (non-hydrogen) atoms. The van der Waals surface area contributed by atoms with Gasteiger partial charge in [-0.2, -0.15) is 4.31 Å². The molecule has 0 amide bonds. The Labute approximate surface area is 120 Å². The molecule has 1 atom stereocenters. The number of rotatable bonds is 5. The van der Waals surface area contributed by atoms with E-state index < -0.39 is 10.0 Å². The second kappa shape index (κ2) is 6.05. The highest BCUT2D eigenvalue weighted by atomic mass is 32.2. The van der Waals surface area contributed by atoms with Crippen LogP contribution in [0.15, 0.2) is 6.07 Å². The van der Waals surface area contributed by atoms with Crippen molar-refractivity contribution in [1.29, 1.82) is 0 Å². The third kappa shape index (κ3) is 3.09. The molecule has 0 bridgehead atoms. The summed E-state index contributed by atoms with van der Waals surface area (Å²) in [5.74, 6) is 1.59. The predicted molar refractivity (Wildman–Crippen MR) is 79.1 cm³/mol. The van der Waals surface area contributed by atoms with Gasteiger partial charge in [-0.25, -0.2) is 18.4 Å². The maximum atomic E-state index is 12.3. The van der Waals surface area contributed by atoms with Gasteiger partial charge < -0.3 is 5.32 Å². The molecule has 7 heteroatoms. The summed E-state index contributed by atoms with van der Waals surface area (Å²) in [6.07, 6.45) is 2.34. The van der Waals surface area contributed by atoms with E-state index in [1.54, 1.807) is 11.4 Å². The van der Waals surface area contributed by atoms with E-state index >= 15 is 0 Å². The van der Waals surface area contributed by atoms with Crippen molar-refractivity contribution < 1.29 is 8.42 Å². The summed E-state index contributed by atoms with van der Waals surface area (Å²) >= 11 is 0. The number of aromatic nitrogens is 2. The average Bonchev–Trinajstić information content (AvgIpc) is 2.88. The molecule has 2 rings (SSSR count). The van der Waals surface area contributed by atoms with E-state index in [2.05, 4.69) is 15.3 Å². The summed E-state index contributed by atoms with van der Waals surface area (Å²) in [6.45, 7) is 4.30. The molecule has 0 aliphatic carbocycles. The van der Waals surface area contributed by atoms with Gasteiger partial charge in [0, 0.05) is 19.7 Å². The van der Waals surface area contributed by atoms with E-state index in [4.69, 9.17) is 0 Å². The fourth-order valence-electron chi connectivity index (χ4n) is 2.63. The van der Waals surface area contributed by atoms with Gasteiger partial charge in [0.2, 0.25) is 10.0 Å². The second-order valence-corrected chi connectivity index (χ2v) is 7.10. The van der Waals surface area contributed by atoms with Crippen LogP contribution in [-0.4, -0.2) is 42.0 Å². The standard InChI is InChI=1S/C13H22N4O2S/c1-4-8-20(18,19)17-7-5-6-12(17)11-9-13(14-3)16-10(2)15-11/h9,12H,4-8H2,1-3H3,(H,14,15,16)/t12-/m0/s1. The van der Waals surface area contributed by atoms with Crippen LogP contribution in [0.3, 0.4) is 0 Å². The van der Waals surface area contributed by atoms with Crippen molar-refractivity contribution in [1.82, 2.24) is 14.3 Å². The summed E-state index contributed by atoms with van der Waals surface area (Å²) in [5.41, 5.74) is 0.791. The first kappa shape index (κ1) is 15.2. The Balaban J connectivity index is 2.34. The molecule has 1 aliphatic heterocycles. The van der Waals surface area contributed by atoms with Crippen molar-refractivity contribution in [3.63, 3.8) is 0 Å². The zero-order chi connectivity index (χ0) is 14.8. The number of hydrogen-bond acceptors (Lipinski definition) is 5. The molecule has 112 valence electrons. The van der Waals surface area contributed by atoms with Gasteiger partial charge in [0.05, 0.1) is 17.5 Å². The lowest BCUT2D eigenvalue weighted by Gasteiger charge is -2.24. The lowest BCUT2D eigenvalue weighted by molar-refractivity contribution is 0.389. The Hall–Kier alpha value is -1.21. The van der Waals surface area contributed by atoms with E-state index in [9.17, 15) is 8.42 Å². The minimum atomic E-state index is -3.19. The predicted octanol–water partition coefficient (Wildman–Crippen LogP) is 1.70. The Morgan fingerprint density at radius 3 is 2.85 bits per heavy atom. The number of anilines is 1. The molecule has 0 radical (unpaired) electrons. The van der Waals surface area contributed by atoms with Gasteiger partial charge in [0.1, 0.15) is 11.6 Å². The van der Waals surface area contributed by atoms with Crippen LogP contribution < -0.4 is 5.32 Å². The van der Waals surface area contributed by atoms with Crippen molar-refractivity contribution in [2.24, 2.45) is 0 Å². The number of nitrogens with one attached hydrogen (secondary N) is 1. The summed E-state index contributed by atoms with van der Waals surface area (Å²) < 4.78 is 26.3. The summed E-state index contributed by atoms with van der Waals surface area (Å²) in [7, 11) is -1.39. The van der Waals surface area contributed by atoms with Gasteiger partial charge in [0.15, 0.2) is 0 Å². The maximum Gasteiger partial charge on any atom is 0.214 e. The molecule has 1 fully saturated rings. The lowest BCUT2D eigenvalue weighted by Crippen LogP contribution is -2.33. The highest BCUT2D eigenvalue weighted by Crippen LogP contribution is 2.34. The van der Waals surface area contributed by atoms with Crippen molar-refractivity contribution in [3.05, 3.63) is 17.6 Å². The van der Waals surface area contributed by atoms with E-state index in [-0.39, 0.29) is 11.8 Å². The fourth-order valence-corrected chi connectivity index (χ4v) is 4.39. The molecule has 1 saturated heterocycles. The number of aryl methyl sites for hydroxylation is 1. The van der Waals surface area contributed by atoms with Crippen LogP contribution in [-0.2, 0) is 10.0 Å². The first-order valence-electron chi connectivity index (χ1n) is 7.00. The molecule has 2 heterocycles. The van der Waals surface area contributed by atoms with E-state index in [1.807, 2.05) is 19.9 Å². The molecule has 1 N–H and O–H groups in total. The Bertz CT molecular complexity index is 574. The molecular weight excluding hydrogens is 276 g/mol. The number of nitrogens with zero attached hydrogens (tertiary/aromatic N) is 3. The SMILES string of the molecule is CCCS(=O)(=O)N1CCC[C@H]1c1cc(NC)nc(C)n1. The van der Waals surface area contributed by atoms with Gasteiger partial charge in [-0.3, -0.25) is 0 Å². The zero-order valence-electron chi connectivity index (χ0n) is 12.3. The molecule has 0 aromatic carbocycles.